The Morgan fingerprint density at radius 1 is 1.58 bits per heavy atom. The van der Waals surface area contributed by atoms with Crippen LogP contribution in [0, 0.1) is 0 Å². The van der Waals surface area contributed by atoms with E-state index < -0.39 is 0 Å². The van der Waals surface area contributed by atoms with Crippen LogP contribution < -0.4 is 5.56 Å². The van der Waals surface area contributed by atoms with Gasteiger partial charge in [-0.2, -0.15) is 0 Å². The second-order valence-electron chi connectivity index (χ2n) is 2.32. The molecule has 0 spiro atoms. The molecule has 0 aromatic carbocycles. The number of H-pyrrole nitrogens is 1. The first-order valence-electron chi connectivity index (χ1n) is 3.99. The number of thioether (sulfide) groups is 1. The van der Waals surface area contributed by atoms with Gasteiger partial charge in [-0.05, 0) is 5.75 Å². The van der Waals surface area contributed by atoms with E-state index in [0.717, 1.165) is 23.0 Å². The second kappa shape index (κ2) is 4.30. The number of hydrogen-bond donors (Lipinski definition) is 1. The lowest BCUT2D eigenvalue weighted by Gasteiger charge is -1.99. The zero-order valence-electron chi connectivity index (χ0n) is 7.26. The molecule has 1 N–H and O–H groups in total. The third-order valence-corrected chi connectivity index (χ3v) is 2.19. The third kappa shape index (κ3) is 2.37. The summed E-state index contributed by atoms with van der Waals surface area (Å²) >= 11 is 1.59. The number of rotatable bonds is 3. The summed E-state index contributed by atoms with van der Waals surface area (Å²) in [5.74, 6) is 1.71. The first-order chi connectivity index (χ1) is 5.76. The molecule has 0 atom stereocenters. The normalized spacial score (nSPS) is 10.2. The maximum Gasteiger partial charge on any atom is 0.251 e. The first-order valence-corrected chi connectivity index (χ1v) is 4.97. The monoisotopic (exact) mass is 184 g/mol. The Hall–Kier alpha value is -0.770. The van der Waals surface area contributed by atoms with Gasteiger partial charge in [0.25, 0.3) is 5.56 Å². The predicted molar refractivity (Wildman–Crippen MR) is 50.6 cm³/mol. The van der Waals surface area contributed by atoms with Crippen LogP contribution in [0.25, 0.3) is 0 Å². The number of aromatic amines is 1. The topological polar surface area (TPSA) is 45.8 Å². The maximum absolute atomic E-state index is 11.0. The highest BCUT2D eigenvalue weighted by Crippen LogP contribution is 2.11. The Morgan fingerprint density at radius 3 is 2.92 bits per heavy atom. The molecule has 4 heteroatoms. The van der Waals surface area contributed by atoms with E-state index in [-0.39, 0.29) is 5.56 Å². The smallest absolute Gasteiger partial charge is 0.251 e. The highest BCUT2D eigenvalue weighted by atomic mass is 32.2. The van der Waals surface area contributed by atoms with Gasteiger partial charge < -0.3 is 4.98 Å². The lowest BCUT2D eigenvalue weighted by Crippen LogP contribution is -2.10. The average molecular weight is 184 g/mol. The number of hydrogen-bond acceptors (Lipinski definition) is 3. The van der Waals surface area contributed by atoms with Crippen molar-refractivity contribution in [1.29, 1.82) is 0 Å². The van der Waals surface area contributed by atoms with Gasteiger partial charge >= 0.3 is 0 Å². The van der Waals surface area contributed by atoms with Crippen molar-refractivity contribution in [3.8, 4) is 0 Å². The zero-order valence-corrected chi connectivity index (χ0v) is 8.07. The molecule has 0 amide bonds. The molecule has 0 aliphatic rings. The van der Waals surface area contributed by atoms with E-state index in [9.17, 15) is 4.79 Å². The molecule has 1 aromatic rings. The quantitative estimate of drug-likeness (QED) is 0.571. The van der Waals surface area contributed by atoms with Crippen LogP contribution in [-0.2, 0) is 6.42 Å². The van der Waals surface area contributed by atoms with Gasteiger partial charge in [-0.3, -0.25) is 4.79 Å². The SMILES string of the molecule is CCSc1cc(=O)[nH]c(CC)n1. The lowest BCUT2D eigenvalue weighted by molar-refractivity contribution is 0.870. The van der Waals surface area contributed by atoms with Crippen LogP contribution in [0.2, 0.25) is 0 Å². The Bertz CT molecular complexity index is 308. The minimum absolute atomic E-state index is 0.0576. The minimum Gasteiger partial charge on any atom is -0.310 e. The highest BCUT2D eigenvalue weighted by molar-refractivity contribution is 7.99. The van der Waals surface area contributed by atoms with Crippen molar-refractivity contribution in [3.63, 3.8) is 0 Å². The Morgan fingerprint density at radius 2 is 2.33 bits per heavy atom. The fraction of sp³-hybridized carbons (Fsp3) is 0.500. The predicted octanol–water partition coefficient (Wildman–Crippen LogP) is 1.44. The van der Waals surface area contributed by atoms with Gasteiger partial charge in [0, 0.05) is 12.5 Å². The van der Waals surface area contributed by atoms with Gasteiger partial charge in [0.15, 0.2) is 0 Å². The Balaban J connectivity index is 2.98. The van der Waals surface area contributed by atoms with Gasteiger partial charge in [0.2, 0.25) is 0 Å². The van der Waals surface area contributed by atoms with Gasteiger partial charge in [-0.1, -0.05) is 13.8 Å². The summed E-state index contributed by atoms with van der Waals surface area (Å²) in [5, 5.41) is 0.818. The molecule has 0 saturated carbocycles. The molecule has 0 aliphatic carbocycles. The molecule has 3 nitrogen and oxygen atoms in total. The van der Waals surface area contributed by atoms with Crippen molar-refractivity contribution in [2.45, 2.75) is 25.3 Å². The van der Waals surface area contributed by atoms with Crippen molar-refractivity contribution in [2.24, 2.45) is 0 Å². The summed E-state index contributed by atoms with van der Waals surface area (Å²) in [6.45, 7) is 4.01. The first kappa shape index (κ1) is 9.32. The van der Waals surface area contributed by atoms with Crippen LogP contribution in [0.15, 0.2) is 15.9 Å². The number of aryl methyl sites for hydroxylation is 1. The fourth-order valence-corrected chi connectivity index (χ4v) is 1.53. The standard InChI is InChI=1S/C8H12N2OS/c1-3-6-9-7(11)5-8(10-6)12-4-2/h5H,3-4H2,1-2H3,(H,9,10,11). The second-order valence-corrected chi connectivity index (χ2v) is 3.60. The van der Waals surface area contributed by atoms with Gasteiger partial charge in [-0.25, -0.2) is 4.98 Å². The van der Waals surface area contributed by atoms with E-state index in [1.54, 1.807) is 11.8 Å². The van der Waals surface area contributed by atoms with Crippen LogP contribution in [0.3, 0.4) is 0 Å². The zero-order chi connectivity index (χ0) is 8.97. The highest BCUT2D eigenvalue weighted by Gasteiger charge is 1.98. The molecule has 1 rings (SSSR count). The number of nitrogens with zero attached hydrogens (tertiary/aromatic N) is 1. The minimum atomic E-state index is -0.0576. The summed E-state index contributed by atoms with van der Waals surface area (Å²) in [6, 6.07) is 1.54. The van der Waals surface area contributed by atoms with E-state index in [1.165, 1.54) is 6.07 Å². The Kier molecular flexibility index (Phi) is 3.34. The average Bonchev–Trinajstić information content (AvgIpc) is 2.04. The van der Waals surface area contributed by atoms with Crippen molar-refractivity contribution in [1.82, 2.24) is 9.97 Å². The molecule has 0 bridgehead atoms. The molecule has 66 valence electrons. The molecule has 1 heterocycles. The van der Waals surface area contributed by atoms with E-state index in [1.807, 2.05) is 13.8 Å². The molecule has 0 unspecified atom stereocenters. The molecule has 0 saturated heterocycles. The van der Waals surface area contributed by atoms with Crippen LogP contribution in [0.5, 0.6) is 0 Å². The van der Waals surface area contributed by atoms with Crippen LogP contribution >= 0.6 is 11.8 Å². The van der Waals surface area contributed by atoms with Crippen LogP contribution in [0.4, 0.5) is 0 Å². The summed E-state index contributed by atoms with van der Waals surface area (Å²) in [5.41, 5.74) is -0.0576. The van der Waals surface area contributed by atoms with Gasteiger partial charge in [-0.15, -0.1) is 11.8 Å². The molecule has 0 fully saturated rings. The third-order valence-electron chi connectivity index (χ3n) is 1.39. The van der Waals surface area contributed by atoms with Gasteiger partial charge in [0.1, 0.15) is 10.9 Å². The summed E-state index contributed by atoms with van der Waals surface area (Å²) in [6.07, 6.45) is 0.771. The van der Waals surface area contributed by atoms with Crippen molar-refractivity contribution in [2.75, 3.05) is 5.75 Å². The molecule has 0 radical (unpaired) electrons. The maximum atomic E-state index is 11.0. The number of nitrogens with one attached hydrogen (secondary N) is 1. The van der Waals surface area contributed by atoms with Crippen molar-refractivity contribution >= 4 is 11.8 Å². The number of aromatic nitrogens is 2. The summed E-state index contributed by atoms with van der Waals surface area (Å²) < 4.78 is 0. The van der Waals surface area contributed by atoms with Crippen LogP contribution in [-0.4, -0.2) is 15.7 Å². The molecular formula is C8H12N2OS. The lowest BCUT2D eigenvalue weighted by atomic mass is 10.4. The summed E-state index contributed by atoms with van der Waals surface area (Å²) in [4.78, 5) is 18.0. The molecular weight excluding hydrogens is 172 g/mol. The molecule has 0 aliphatic heterocycles. The van der Waals surface area contributed by atoms with Crippen molar-refractivity contribution < 1.29 is 0 Å². The molecule has 12 heavy (non-hydrogen) atoms. The van der Waals surface area contributed by atoms with E-state index in [0.29, 0.717) is 0 Å². The van der Waals surface area contributed by atoms with Crippen molar-refractivity contribution in [3.05, 3.63) is 22.2 Å². The largest absolute Gasteiger partial charge is 0.310 e. The van der Waals surface area contributed by atoms with Gasteiger partial charge in [0.05, 0.1) is 0 Å². The van der Waals surface area contributed by atoms with Crippen LogP contribution in [0.1, 0.15) is 19.7 Å². The van der Waals surface area contributed by atoms with E-state index >= 15 is 0 Å². The summed E-state index contributed by atoms with van der Waals surface area (Å²) in [7, 11) is 0. The van der Waals surface area contributed by atoms with E-state index in [4.69, 9.17) is 0 Å². The molecule has 1 aromatic heterocycles. The van der Waals surface area contributed by atoms with E-state index in [2.05, 4.69) is 9.97 Å². The fourth-order valence-electron chi connectivity index (χ4n) is 0.873. The Labute approximate surface area is 75.6 Å².